The molecule has 0 radical (unpaired) electrons. The van der Waals surface area contributed by atoms with Crippen LogP contribution in [-0.4, -0.2) is 36.6 Å². The van der Waals surface area contributed by atoms with Gasteiger partial charge in [0.05, 0.1) is 11.2 Å². The molecule has 0 atom stereocenters. The number of unbranched alkanes of at least 4 members (excludes halogenated alkanes) is 1. The Kier molecular flexibility index (Phi) is 7.81. The zero-order valence-corrected chi connectivity index (χ0v) is 19.9. The maximum absolute atomic E-state index is 12.2. The Morgan fingerprint density at radius 3 is 2.17 bits per heavy atom. The molecule has 1 aromatic carbocycles. The fourth-order valence-corrected chi connectivity index (χ4v) is 3.06. The monoisotopic (exact) mass is 415 g/mol. The first kappa shape index (κ1) is 24.5. The molecule has 0 bridgehead atoms. The van der Waals surface area contributed by atoms with Crippen molar-refractivity contribution >= 4 is 19.3 Å². The number of amides is 1. The minimum atomic E-state index is -0.549. The van der Waals surface area contributed by atoms with E-state index in [-0.39, 0.29) is 6.54 Å². The van der Waals surface area contributed by atoms with Gasteiger partial charge in [0.1, 0.15) is 5.60 Å². The Morgan fingerprint density at radius 2 is 1.67 bits per heavy atom. The lowest BCUT2D eigenvalue weighted by Gasteiger charge is -2.32. The lowest BCUT2D eigenvalue weighted by Crippen LogP contribution is -2.41. The molecule has 0 aromatic heterocycles. The van der Waals surface area contributed by atoms with Crippen LogP contribution in [0.2, 0.25) is 0 Å². The molecule has 1 aliphatic rings. The Morgan fingerprint density at radius 1 is 1.10 bits per heavy atom. The normalized spacial score (nSPS) is 18.4. The van der Waals surface area contributed by atoms with Crippen LogP contribution >= 0.6 is 0 Å². The van der Waals surface area contributed by atoms with E-state index in [1.54, 1.807) is 0 Å². The van der Waals surface area contributed by atoms with Gasteiger partial charge in [-0.3, -0.25) is 0 Å². The highest BCUT2D eigenvalue weighted by molar-refractivity contribution is 6.56. The standard InChI is InChI=1S/C24H38BNO4/c1-9-10-11-18-12-14-19(15-13-18)16-20(17-26-21(27)28-22(2,3)4)25-29-23(5,6)24(7,8)30-25/h12-16H,9-11,17H2,1-8H3,(H,26,27). The number of carbonyl (C=O) groups is 1. The third kappa shape index (κ3) is 6.88. The molecule has 1 fully saturated rings. The maximum atomic E-state index is 12.2. The van der Waals surface area contributed by atoms with Crippen LogP contribution in [0.25, 0.3) is 6.08 Å². The van der Waals surface area contributed by atoms with Gasteiger partial charge in [0, 0.05) is 6.54 Å². The van der Waals surface area contributed by atoms with Crippen molar-refractivity contribution in [2.45, 2.75) is 91.5 Å². The van der Waals surface area contributed by atoms with Crippen molar-refractivity contribution in [3.05, 3.63) is 40.9 Å². The quantitative estimate of drug-likeness (QED) is 0.592. The van der Waals surface area contributed by atoms with Crippen LogP contribution in [0.1, 0.15) is 79.4 Å². The molecular weight excluding hydrogens is 377 g/mol. The van der Waals surface area contributed by atoms with Gasteiger partial charge in [-0.25, -0.2) is 4.79 Å². The smallest absolute Gasteiger partial charge is 0.444 e. The average Bonchev–Trinajstić information content (AvgIpc) is 2.83. The van der Waals surface area contributed by atoms with Crippen LogP contribution in [0.3, 0.4) is 0 Å². The lowest BCUT2D eigenvalue weighted by atomic mass is 9.77. The molecule has 1 amide bonds. The van der Waals surface area contributed by atoms with Gasteiger partial charge in [-0.2, -0.15) is 0 Å². The number of rotatable bonds is 7. The topological polar surface area (TPSA) is 56.8 Å². The summed E-state index contributed by atoms with van der Waals surface area (Å²) in [4.78, 5) is 12.2. The molecule has 1 N–H and O–H groups in total. The molecular formula is C24H38BNO4. The van der Waals surface area contributed by atoms with E-state index in [4.69, 9.17) is 14.0 Å². The molecule has 0 spiro atoms. The van der Waals surface area contributed by atoms with E-state index in [1.807, 2.05) is 54.5 Å². The molecule has 0 unspecified atom stereocenters. The molecule has 30 heavy (non-hydrogen) atoms. The average molecular weight is 415 g/mol. The Bertz CT molecular complexity index is 731. The predicted molar refractivity (Wildman–Crippen MR) is 123 cm³/mol. The highest BCUT2D eigenvalue weighted by atomic mass is 16.7. The number of carbonyl (C=O) groups excluding carboxylic acids is 1. The van der Waals surface area contributed by atoms with E-state index < -0.39 is 30.0 Å². The van der Waals surface area contributed by atoms with Crippen LogP contribution in [0.5, 0.6) is 0 Å². The first-order valence-electron chi connectivity index (χ1n) is 10.9. The fourth-order valence-electron chi connectivity index (χ4n) is 3.06. The summed E-state index contributed by atoms with van der Waals surface area (Å²) >= 11 is 0. The molecule has 1 saturated heterocycles. The van der Waals surface area contributed by atoms with Gasteiger partial charge in [0.25, 0.3) is 0 Å². The summed E-state index contributed by atoms with van der Waals surface area (Å²) < 4.78 is 17.8. The van der Waals surface area contributed by atoms with Crippen molar-refractivity contribution in [3.63, 3.8) is 0 Å². The SMILES string of the molecule is CCCCc1ccc(C=C(CNC(=O)OC(C)(C)C)B2OC(C)(C)C(C)(C)O2)cc1. The second-order valence-electron chi connectivity index (χ2n) is 10.0. The first-order chi connectivity index (χ1) is 13.8. The van der Waals surface area contributed by atoms with Gasteiger partial charge in [0.15, 0.2) is 0 Å². The van der Waals surface area contributed by atoms with E-state index in [1.165, 1.54) is 18.4 Å². The van der Waals surface area contributed by atoms with Crippen LogP contribution < -0.4 is 5.32 Å². The Hall–Kier alpha value is -1.79. The van der Waals surface area contributed by atoms with Crippen LogP contribution in [0.15, 0.2) is 29.7 Å². The molecule has 0 saturated carbocycles. The number of hydrogen-bond acceptors (Lipinski definition) is 4. The highest BCUT2D eigenvalue weighted by Gasteiger charge is 2.52. The summed E-state index contributed by atoms with van der Waals surface area (Å²) in [5.41, 5.74) is 1.77. The van der Waals surface area contributed by atoms with E-state index in [0.29, 0.717) is 0 Å². The lowest BCUT2D eigenvalue weighted by molar-refractivity contribution is 0.00578. The molecule has 1 aliphatic heterocycles. The third-order valence-electron chi connectivity index (χ3n) is 5.54. The van der Waals surface area contributed by atoms with Gasteiger partial charge >= 0.3 is 13.2 Å². The summed E-state index contributed by atoms with van der Waals surface area (Å²) in [6.07, 6.45) is 5.03. The van der Waals surface area contributed by atoms with Gasteiger partial charge in [0.2, 0.25) is 0 Å². The second kappa shape index (κ2) is 9.57. The molecule has 1 heterocycles. The zero-order valence-electron chi connectivity index (χ0n) is 19.9. The van der Waals surface area contributed by atoms with Crippen LogP contribution in [0.4, 0.5) is 4.79 Å². The molecule has 2 rings (SSSR count). The molecule has 166 valence electrons. The Balaban J connectivity index is 2.20. The van der Waals surface area contributed by atoms with Crippen molar-refractivity contribution < 1.29 is 18.8 Å². The second-order valence-corrected chi connectivity index (χ2v) is 10.0. The number of alkyl carbamates (subject to hydrolysis) is 1. The number of aryl methyl sites for hydroxylation is 1. The summed E-state index contributed by atoms with van der Waals surface area (Å²) in [5.74, 6) is 0. The number of benzene rings is 1. The van der Waals surface area contributed by atoms with Crippen molar-refractivity contribution in [2.24, 2.45) is 0 Å². The van der Waals surface area contributed by atoms with Crippen molar-refractivity contribution in [2.75, 3.05) is 6.54 Å². The highest BCUT2D eigenvalue weighted by Crippen LogP contribution is 2.38. The minimum Gasteiger partial charge on any atom is -0.444 e. The molecule has 1 aromatic rings. The summed E-state index contributed by atoms with van der Waals surface area (Å²) in [6, 6.07) is 8.52. The van der Waals surface area contributed by atoms with Crippen molar-refractivity contribution in [1.29, 1.82) is 0 Å². The van der Waals surface area contributed by atoms with Gasteiger partial charge < -0.3 is 19.4 Å². The first-order valence-corrected chi connectivity index (χ1v) is 10.9. The minimum absolute atomic E-state index is 0.281. The van der Waals surface area contributed by atoms with Crippen molar-refractivity contribution in [3.8, 4) is 0 Å². The number of hydrogen-bond donors (Lipinski definition) is 1. The van der Waals surface area contributed by atoms with Gasteiger partial charge in [-0.05, 0) is 77.9 Å². The van der Waals surface area contributed by atoms with E-state index in [9.17, 15) is 4.79 Å². The predicted octanol–water partition coefficient (Wildman–Crippen LogP) is 5.57. The van der Waals surface area contributed by atoms with E-state index in [0.717, 1.165) is 17.5 Å². The number of nitrogens with one attached hydrogen (secondary N) is 1. The van der Waals surface area contributed by atoms with Crippen molar-refractivity contribution in [1.82, 2.24) is 5.32 Å². The molecule has 5 nitrogen and oxygen atoms in total. The van der Waals surface area contributed by atoms with Crippen LogP contribution in [-0.2, 0) is 20.5 Å². The molecule has 0 aliphatic carbocycles. The van der Waals surface area contributed by atoms with Gasteiger partial charge in [-0.15, -0.1) is 0 Å². The summed E-state index contributed by atoms with van der Waals surface area (Å²) in [6.45, 7) is 16.1. The fraction of sp³-hybridized carbons (Fsp3) is 0.625. The maximum Gasteiger partial charge on any atom is 0.492 e. The Labute approximate surface area is 182 Å². The zero-order chi connectivity index (χ0) is 22.6. The van der Waals surface area contributed by atoms with Crippen LogP contribution in [0, 0.1) is 0 Å². The van der Waals surface area contributed by atoms with E-state index >= 15 is 0 Å². The molecule has 6 heteroatoms. The summed E-state index contributed by atoms with van der Waals surface area (Å²) in [5, 5.41) is 2.84. The largest absolute Gasteiger partial charge is 0.492 e. The van der Waals surface area contributed by atoms with E-state index in [2.05, 4.69) is 36.5 Å². The number of ether oxygens (including phenoxy) is 1. The van der Waals surface area contributed by atoms with Gasteiger partial charge in [-0.1, -0.05) is 43.7 Å². The summed E-state index contributed by atoms with van der Waals surface area (Å²) in [7, 11) is -0.537. The third-order valence-corrected chi connectivity index (χ3v) is 5.54.